The Morgan fingerprint density at radius 2 is 0.548 bits per heavy atom. The molecule has 0 aliphatic carbocycles. The Bertz CT molecular complexity index is 1630. The highest BCUT2D eigenvalue weighted by atomic mass is 33.1. The summed E-state index contributed by atoms with van der Waals surface area (Å²) in [5.41, 5.74) is 0. The second-order valence-corrected chi connectivity index (χ2v) is 25.5. The molecule has 0 spiro atoms. The summed E-state index contributed by atoms with van der Waals surface area (Å²) in [5, 5.41) is 5.63. The molecule has 484 valence electrons. The Hall–Kier alpha value is -3.98. The molecule has 2 unspecified atom stereocenters. The van der Waals surface area contributed by atoms with Crippen LogP contribution in [0.4, 0.5) is 0 Å². The summed E-state index contributed by atoms with van der Waals surface area (Å²) in [6.07, 6.45) is 20.3. The molecule has 84 heavy (non-hydrogen) atoms. The normalized spacial score (nSPS) is 13.9. The van der Waals surface area contributed by atoms with Gasteiger partial charge in [0.25, 0.3) is 0 Å². The molecule has 1 fully saturated rings. The first-order valence-electron chi connectivity index (χ1n) is 30.5. The van der Waals surface area contributed by atoms with Crippen LogP contribution < -0.4 is 10.6 Å². The van der Waals surface area contributed by atoms with E-state index in [9.17, 15) is 47.9 Å². The molecule has 1 saturated heterocycles. The zero-order chi connectivity index (χ0) is 61.7. The molecule has 2 atom stereocenters. The molecule has 2 N–H and O–H groups in total. The molecule has 1 heterocycles. The average molecular weight is 1270 g/mol. The quantitative estimate of drug-likeness (QED) is 0.0188. The SMILES string of the molecule is CCCCCCCC(=O)OCOC(=O)CCN(CCSSCC1NC(=O)C(CSSCCN(CCC(=O)OCOC(=O)CCCCCCC)CCC(=O)OCOC(=O)CCCCCCC)NC1=O)CCC(=O)OCOC(=O)CCCCCCC. The Balaban J connectivity index is 2.64. The third kappa shape index (κ3) is 46.3. The predicted molar refractivity (Wildman–Crippen MR) is 327 cm³/mol. The Morgan fingerprint density at radius 3 is 0.786 bits per heavy atom. The molecule has 22 nitrogen and oxygen atoms in total. The van der Waals surface area contributed by atoms with Crippen molar-refractivity contribution in [1.82, 2.24) is 20.4 Å². The number of ether oxygens (including phenoxy) is 8. The molecule has 0 aromatic carbocycles. The lowest BCUT2D eigenvalue weighted by Crippen LogP contribution is -2.63. The van der Waals surface area contributed by atoms with Crippen LogP contribution in [0.15, 0.2) is 0 Å². The van der Waals surface area contributed by atoms with Crippen molar-refractivity contribution in [3.8, 4) is 0 Å². The molecule has 0 aromatic heterocycles. The van der Waals surface area contributed by atoms with Gasteiger partial charge in [-0.2, -0.15) is 0 Å². The van der Waals surface area contributed by atoms with Crippen LogP contribution in [0.5, 0.6) is 0 Å². The number of hydrogen-bond acceptors (Lipinski definition) is 24. The van der Waals surface area contributed by atoms with Gasteiger partial charge in [0.1, 0.15) is 12.1 Å². The molecule has 1 rings (SSSR count). The van der Waals surface area contributed by atoms with Crippen molar-refractivity contribution in [3.63, 3.8) is 0 Å². The highest BCUT2D eigenvalue weighted by Gasteiger charge is 2.33. The standard InChI is InChI=1S/C58H100N4O18S4/c1-5-9-13-17-21-25-49(63)73-43-77-53(67)29-33-61(34-30-54(68)78-44-74-50(64)26-22-18-14-10-6-2)37-39-81-83-41-47-57(71)60-48(58(72)59-47)42-84-82-40-38-62(35-31-55(69)79-45-75-51(65)27-23-19-15-11-7-3)36-32-56(70)80-46-76-52(66)28-24-20-16-12-8-4/h47-48H,5-46H2,1-4H3,(H,59,72)(H,60,71). The Kier molecular flexibility index (Phi) is 50.5. The van der Waals surface area contributed by atoms with E-state index in [1.54, 1.807) is 0 Å². The van der Waals surface area contributed by atoms with Crippen LogP contribution in [-0.2, 0) is 85.8 Å². The van der Waals surface area contributed by atoms with Gasteiger partial charge in [0.2, 0.25) is 39.0 Å². The molecule has 26 heteroatoms. The van der Waals surface area contributed by atoms with Gasteiger partial charge in [-0.05, 0) is 25.7 Å². The van der Waals surface area contributed by atoms with E-state index in [1.807, 2.05) is 9.80 Å². The summed E-state index contributed by atoms with van der Waals surface area (Å²) < 4.78 is 40.8. The van der Waals surface area contributed by atoms with Crippen molar-refractivity contribution in [2.75, 3.05) is 89.5 Å². The smallest absolute Gasteiger partial charge is 0.309 e. The van der Waals surface area contributed by atoms with Crippen molar-refractivity contribution >= 4 is 103 Å². The van der Waals surface area contributed by atoms with Crippen LogP contribution in [0.2, 0.25) is 0 Å². The first kappa shape index (κ1) is 78.0. The summed E-state index contributed by atoms with van der Waals surface area (Å²) in [4.78, 5) is 129. The second kappa shape index (κ2) is 54.4. The molecule has 0 bridgehead atoms. The van der Waals surface area contributed by atoms with Crippen molar-refractivity contribution in [2.45, 2.75) is 220 Å². The van der Waals surface area contributed by atoms with E-state index in [0.717, 1.165) is 103 Å². The van der Waals surface area contributed by atoms with E-state index in [4.69, 9.17) is 37.9 Å². The van der Waals surface area contributed by atoms with Crippen LogP contribution in [0, 0.1) is 0 Å². The fraction of sp³-hybridized carbons (Fsp3) is 0.828. The van der Waals surface area contributed by atoms with Crippen LogP contribution in [0.3, 0.4) is 0 Å². The third-order valence-electron chi connectivity index (χ3n) is 13.1. The number of nitrogens with zero attached hydrogens (tertiary/aromatic N) is 2. The van der Waals surface area contributed by atoms with Crippen LogP contribution in [-0.4, -0.2) is 171 Å². The van der Waals surface area contributed by atoms with Crippen LogP contribution in [0.25, 0.3) is 0 Å². The summed E-state index contributed by atoms with van der Waals surface area (Å²) in [5.74, 6) is -3.10. The average Bonchev–Trinajstić information content (AvgIpc) is 3.66. The van der Waals surface area contributed by atoms with E-state index in [-0.39, 0.29) is 101 Å². The van der Waals surface area contributed by atoms with Gasteiger partial charge in [0.05, 0.1) is 25.7 Å². The van der Waals surface area contributed by atoms with Gasteiger partial charge >= 0.3 is 47.8 Å². The minimum Gasteiger partial charge on any atom is -0.428 e. The highest BCUT2D eigenvalue weighted by Crippen LogP contribution is 2.25. The zero-order valence-electron chi connectivity index (χ0n) is 50.7. The molecule has 1 aliphatic rings. The van der Waals surface area contributed by atoms with E-state index in [1.165, 1.54) is 43.2 Å². The lowest BCUT2D eigenvalue weighted by atomic mass is 10.1. The number of esters is 8. The Labute approximate surface area is 515 Å². The third-order valence-corrected chi connectivity index (χ3v) is 17.9. The van der Waals surface area contributed by atoms with Gasteiger partial charge in [0, 0.05) is 88.0 Å². The zero-order valence-corrected chi connectivity index (χ0v) is 54.0. The van der Waals surface area contributed by atoms with Crippen molar-refractivity contribution in [3.05, 3.63) is 0 Å². The number of carbonyl (C=O) groups excluding carboxylic acids is 10. The van der Waals surface area contributed by atoms with Crippen molar-refractivity contribution < 1.29 is 85.8 Å². The van der Waals surface area contributed by atoms with Gasteiger partial charge < -0.3 is 58.3 Å². The van der Waals surface area contributed by atoms with Crippen molar-refractivity contribution in [1.29, 1.82) is 0 Å². The maximum atomic E-state index is 13.1. The number of rotatable bonds is 56. The summed E-state index contributed by atoms with van der Waals surface area (Å²) in [7, 11) is 5.66. The molecule has 0 saturated carbocycles. The second-order valence-electron chi connectivity index (χ2n) is 20.3. The molecule has 2 amide bonds. The largest absolute Gasteiger partial charge is 0.428 e. The molecular weight excluding hydrogens is 1170 g/mol. The van der Waals surface area contributed by atoms with Gasteiger partial charge in [0.15, 0.2) is 0 Å². The Morgan fingerprint density at radius 1 is 0.321 bits per heavy atom. The first-order valence-corrected chi connectivity index (χ1v) is 35.5. The molecule has 1 aliphatic heterocycles. The molecule has 0 aromatic rings. The molecule has 0 radical (unpaired) electrons. The maximum Gasteiger partial charge on any atom is 0.309 e. The lowest BCUT2D eigenvalue weighted by molar-refractivity contribution is -0.169. The number of amides is 2. The van der Waals surface area contributed by atoms with Gasteiger partial charge in [-0.25, -0.2) is 0 Å². The lowest BCUT2D eigenvalue weighted by Gasteiger charge is -2.29. The first-order chi connectivity index (χ1) is 40.7. The van der Waals surface area contributed by atoms with Gasteiger partial charge in [-0.1, -0.05) is 174 Å². The van der Waals surface area contributed by atoms with Crippen LogP contribution >= 0.6 is 43.2 Å². The number of unbranched alkanes of at least 4 members (excludes halogenated alkanes) is 16. The highest BCUT2D eigenvalue weighted by molar-refractivity contribution is 8.77. The molecular formula is C58H100N4O18S4. The fourth-order valence-electron chi connectivity index (χ4n) is 7.97. The van der Waals surface area contributed by atoms with Crippen molar-refractivity contribution in [2.24, 2.45) is 0 Å². The summed E-state index contributed by atoms with van der Waals surface area (Å²) in [6, 6.07) is -1.55. The topological polar surface area (TPSA) is 275 Å². The van der Waals surface area contributed by atoms with E-state index < -0.39 is 87.0 Å². The number of nitrogens with one attached hydrogen (secondary N) is 2. The monoisotopic (exact) mass is 1270 g/mol. The van der Waals surface area contributed by atoms with Crippen LogP contribution in [0.1, 0.15) is 207 Å². The number of piperazine rings is 1. The predicted octanol–water partition coefficient (Wildman–Crippen LogP) is 9.51. The minimum atomic E-state index is -0.776. The van der Waals surface area contributed by atoms with Gasteiger partial charge in [-0.15, -0.1) is 0 Å². The number of carbonyl (C=O) groups is 10. The fourth-order valence-corrected chi connectivity index (χ4v) is 12.4. The van der Waals surface area contributed by atoms with Gasteiger partial charge in [-0.3, -0.25) is 47.9 Å². The minimum absolute atomic E-state index is 0.0406. The van der Waals surface area contributed by atoms with E-state index in [2.05, 4.69) is 38.3 Å². The van der Waals surface area contributed by atoms with E-state index >= 15 is 0 Å². The summed E-state index contributed by atoms with van der Waals surface area (Å²) >= 11 is 0. The number of hydrogen-bond donors (Lipinski definition) is 2. The maximum absolute atomic E-state index is 13.1. The van der Waals surface area contributed by atoms with E-state index in [0.29, 0.717) is 50.3 Å². The summed E-state index contributed by atoms with van der Waals surface area (Å²) in [6.45, 7) is 8.28.